The van der Waals surface area contributed by atoms with Crippen LogP contribution in [-0.2, 0) is 14.3 Å². The zero-order valence-corrected chi connectivity index (χ0v) is 8.12. The second kappa shape index (κ2) is 3.33. The van der Waals surface area contributed by atoms with Crippen molar-refractivity contribution >= 4 is 11.9 Å². The van der Waals surface area contributed by atoms with Crippen molar-refractivity contribution < 1.29 is 24.5 Å². The summed E-state index contributed by atoms with van der Waals surface area (Å²) >= 11 is 0. The summed E-state index contributed by atoms with van der Waals surface area (Å²) in [5.74, 6) is -2.78. The van der Waals surface area contributed by atoms with E-state index < -0.39 is 23.1 Å². The third-order valence-corrected chi connectivity index (χ3v) is 1.21. The number of carbonyl (C=O) groups excluding carboxylic acids is 1. The fraction of sp³-hybridized carbons (Fsp3) is 0.750. The van der Waals surface area contributed by atoms with Crippen molar-refractivity contribution in [1.29, 1.82) is 0 Å². The molecule has 0 aliphatic heterocycles. The van der Waals surface area contributed by atoms with Gasteiger partial charge in [0.15, 0.2) is 0 Å². The highest BCUT2D eigenvalue weighted by Gasteiger charge is 2.42. The SMILES string of the molecule is CC(C)(C)OC(=O)C(C)(O)C(=O)O. The molecular weight excluding hydrogens is 176 g/mol. The summed E-state index contributed by atoms with van der Waals surface area (Å²) in [7, 11) is 0. The van der Waals surface area contributed by atoms with Crippen LogP contribution in [0.3, 0.4) is 0 Å². The van der Waals surface area contributed by atoms with E-state index in [1.54, 1.807) is 20.8 Å². The molecule has 0 saturated heterocycles. The van der Waals surface area contributed by atoms with Gasteiger partial charge in [-0.05, 0) is 27.7 Å². The van der Waals surface area contributed by atoms with Gasteiger partial charge in [0.2, 0.25) is 0 Å². The minimum absolute atomic E-state index is 0.809. The summed E-state index contributed by atoms with van der Waals surface area (Å²) in [6.07, 6.45) is 0. The second-order valence-electron chi connectivity index (χ2n) is 3.88. The lowest BCUT2D eigenvalue weighted by Gasteiger charge is -2.24. The Labute approximate surface area is 76.3 Å². The lowest BCUT2D eigenvalue weighted by Crippen LogP contribution is -2.47. The van der Waals surface area contributed by atoms with Crippen LogP contribution in [0.2, 0.25) is 0 Å². The molecule has 0 aliphatic rings. The van der Waals surface area contributed by atoms with E-state index in [4.69, 9.17) is 14.9 Å². The number of aliphatic hydroxyl groups is 1. The molecule has 0 aromatic heterocycles. The molecule has 0 spiro atoms. The third-order valence-electron chi connectivity index (χ3n) is 1.21. The van der Waals surface area contributed by atoms with Crippen LogP contribution < -0.4 is 0 Å². The van der Waals surface area contributed by atoms with Crippen LogP contribution in [-0.4, -0.2) is 33.4 Å². The van der Waals surface area contributed by atoms with E-state index in [-0.39, 0.29) is 0 Å². The number of hydrogen-bond donors (Lipinski definition) is 2. The standard InChI is InChI=1S/C8H14O5/c1-7(2,3)13-6(11)8(4,12)5(9)10/h12H,1-4H3,(H,9,10). The van der Waals surface area contributed by atoms with Gasteiger partial charge in [-0.25, -0.2) is 9.59 Å². The highest BCUT2D eigenvalue weighted by atomic mass is 16.6. The normalized spacial score (nSPS) is 16.1. The van der Waals surface area contributed by atoms with Crippen molar-refractivity contribution in [3.8, 4) is 0 Å². The van der Waals surface area contributed by atoms with Crippen LogP contribution in [0.25, 0.3) is 0 Å². The molecule has 0 radical (unpaired) electrons. The summed E-state index contributed by atoms with van der Waals surface area (Å²) < 4.78 is 4.69. The van der Waals surface area contributed by atoms with E-state index in [2.05, 4.69) is 0 Å². The van der Waals surface area contributed by atoms with Crippen LogP contribution in [0.1, 0.15) is 27.7 Å². The van der Waals surface area contributed by atoms with Crippen molar-refractivity contribution in [3.63, 3.8) is 0 Å². The minimum Gasteiger partial charge on any atom is -0.479 e. The zero-order chi connectivity index (χ0) is 10.9. The van der Waals surface area contributed by atoms with Crippen molar-refractivity contribution in [2.75, 3.05) is 0 Å². The summed E-state index contributed by atoms with van der Waals surface area (Å²) in [6.45, 7) is 5.64. The first-order valence-corrected chi connectivity index (χ1v) is 3.76. The average Bonchev–Trinajstić information content (AvgIpc) is 1.82. The molecule has 1 unspecified atom stereocenters. The van der Waals surface area contributed by atoms with Gasteiger partial charge in [0, 0.05) is 0 Å². The van der Waals surface area contributed by atoms with Gasteiger partial charge in [-0.2, -0.15) is 0 Å². The van der Waals surface area contributed by atoms with Crippen LogP contribution in [0, 0.1) is 0 Å². The summed E-state index contributed by atoms with van der Waals surface area (Å²) in [4.78, 5) is 21.5. The molecule has 76 valence electrons. The van der Waals surface area contributed by atoms with Crippen molar-refractivity contribution in [3.05, 3.63) is 0 Å². The first-order chi connectivity index (χ1) is 5.57. The van der Waals surface area contributed by atoms with Gasteiger partial charge in [0.1, 0.15) is 5.60 Å². The molecule has 0 heterocycles. The van der Waals surface area contributed by atoms with Gasteiger partial charge >= 0.3 is 11.9 Å². The third kappa shape index (κ3) is 3.42. The summed E-state index contributed by atoms with van der Waals surface area (Å²) in [5.41, 5.74) is -3.29. The highest BCUT2D eigenvalue weighted by Crippen LogP contribution is 2.14. The maximum Gasteiger partial charge on any atom is 0.350 e. The number of hydrogen-bond acceptors (Lipinski definition) is 4. The van der Waals surface area contributed by atoms with Crippen LogP contribution in [0.5, 0.6) is 0 Å². The van der Waals surface area contributed by atoms with E-state index in [0.717, 1.165) is 6.92 Å². The Hall–Kier alpha value is -1.10. The zero-order valence-electron chi connectivity index (χ0n) is 8.12. The van der Waals surface area contributed by atoms with E-state index in [9.17, 15) is 9.59 Å². The first-order valence-electron chi connectivity index (χ1n) is 3.76. The molecule has 0 bridgehead atoms. The molecule has 0 fully saturated rings. The Balaban J connectivity index is 4.53. The molecule has 0 amide bonds. The lowest BCUT2D eigenvalue weighted by atomic mass is 10.1. The predicted octanol–water partition coefficient (Wildman–Crippen LogP) is 0.164. The molecule has 1 atom stereocenters. The fourth-order valence-corrected chi connectivity index (χ4v) is 0.465. The molecule has 0 aliphatic carbocycles. The average molecular weight is 190 g/mol. The lowest BCUT2D eigenvalue weighted by molar-refractivity contribution is -0.185. The molecule has 2 N–H and O–H groups in total. The van der Waals surface area contributed by atoms with E-state index >= 15 is 0 Å². The molecular formula is C8H14O5. The van der Waals surface area contributed by atoms with Gasteiger partial charge in [-0.15, -0.1) is 0 Å². The van der Waals surface area contributed by atoms with Crippen LogP contribution in [0.4, 0.5) is 0 Å². The predicted molar refractivity (Wildman–Crippen MR) is 44.1 cm³/mol. The van der Waals surface area contributed by atoms with Gasteiger partial charge in [-0.1, -0.05) is 0 Å². The Bertz CT molecular complexity index is 223. The monoisotopic (exact) mass is 190 g/mol. The molecule has 0 saturated carbocycles. The van der Waals surface area contributed by atoms with Crippen LogP contribution >= 0.6 is 0 Å². The van der Waals surface area contributed by atoms with E-state index in [1.165, 1.54) is 0 Å². The van der Waals surface area contributed by atoms with Gasteiger partial charge in [-0.3, -0.25) is 0 Å². The number of rotatable bonds is 2. The molecule has 5 heteroatoms. The van der Waals surface area contributed by atoms with Gasteiger partial charge < -0.3 is 14.9 Å². The highest BCUT2D eigenvalue weighted by molar-refractivity contribution is 6.01. The molecule has 0 rings (SSSR count). The number of ether oxygens (including phenoxy) is 1. The number of esters is 1. The quantitative estimate of drug-likeness (QED) is 0.478. The summed E-state index contributed by atoms with van der Waals surface area (Å²) in [6, 6.07) is 0. The second-order valence-corrected chi connectivity index (χ2v) is 3.88. The maximum atomic E-state index is 11.1. The molecule has 13 heavy (non-hydrogen) atoms. The fourth-order valence-electron chi connectivity index (χ4n) is 0.465. The Morgan fingerprint density at radius 1 is 1.15 bits per heavy atom. The van der Waals surface area contributed by atoms with E-state index in [0.29, 0.717) is 0 Å². The van der Waals surface area contributed by atoms with Crippen molar-refractivity contribution in [2.45, 2.75) is 38.9 Å². The van der Waals surface area contributed by atoms with Gasteiger partial charge in [0.25, 0.3) is 5.60 Å². The number of carboxylic acids is 1. The Morgan fingerprint density at radius 3 is 1.77 bits per heavy atom. The topological polar surface area (TPSA) is 83.8 Å². The number of carboxylic acid groups (broad SMARTS) is 1. The number of aliphatic carboxylic acids is 1. The maximum absolute atomic E-state index is 11.1. The largest absolute Gasteiger partial charge is 0.479 e. The van der Waals surface area contributed by atoms with E-state index in [1.807, 2.05) is 0 Å². The van der Waals surface area contributed by atoms with Crippen molar-refractivity contribution in [2.24, 2.45) is 0 Å². The minimum atomic E-state index is -2.48. The Kier molecular flexibility index (Phi) is 3.05. The molecule has 0 aromatic rings. The molecule has 0 aromatic carbocycles. The Morgan fingerprint density at radius 2 is 1.54 bits per heavy atom. The summed E-state index contributed by atoms with van der Waals surface area (Å²) in [5, 5.41) is 17.6. The smallest absolute Gasteiger partial charge is 0.350 e. The van der Waals surface area contributed by atoms with Gasteiger partial charge in [0.05, 0.1) is 0 Å². The first kappa shape index (κ1) is 11.9. The van der Waals surface area contributed by atoms with Crippen LogP contribution in [0.15, 0.2) is 0 Å². The number of carbonyl (C=O) groups is 2. The van der Waals surface area contributed by atoms with Crippen molar-refractivity contribution in [1.82, 2.24) is 0 Å². The molecule has 5 nitrogen and oxygen atoms in total.